The first-order valence-corrected chi connectivity index (χ1v) is 10.2. The number of ether oxygens (including phenoxy) is 1. The van der Waals surface area contributed by atoms with Crippen LogP contribution in [-0.2, 0) is 9.53 Å². The third-order valence-corrected chi connectivity index (χ3v) is 5.34. The summed E-state index contributed by atoms with van der Waals surface area (Å²) in [6.07, 6.45) is 1.91. The molecule has 2 heterocycles. The summed E-state index contributed by atoms with van der Waals surface area (Å²) in [5, 5.41) is 3.41. The zero-order valence-electron chi connectivity index (χ0n) is 17.4. The molecule has 8 heteroatoms. The monoisotopic (exact) mass is 495 g/mol. The third-order valence-electron chi connectivity index (χ3n) is 5.34. The lowest BCUT2D eigenvalue weighted by atomic mass is 9.98. The number of carbonyl (C=O) groups is 1. The Labute approximate surface area is 181 Å². The van der Waals surface area contributed by atoms with Crippen LogP contribution in [0.4, 0.5) is 0 Å². The minimum atomic E-state index is -0.0705. The highest BCUT2D eigenvalue weighted by molar-refractivity contribution is 14.0. The second-order valence-corrected chi connectivity index (χ2v) is 7.42. The van der Waals surface area contributed by atoms with Crippen LogP contribution in [0.1, 0.15) is 33.6 Å². The van der Waals surface area contributed by atoms with Gasteiger partial charge in [-0.25, -0.2) is 0 Å². The molecule has 0 aromatic heterocycles. The second-order valence-electron chi connectivity index (χ2n) is 7.42. The van der Waals surface area contributed by atoms with E-state index in [0.717, 1.165) is 64.6 Å². The molecule has 0 saturated carbocycles. The molecule has 0 aliphatic carbocycles. The maximum atomic E-state index is 12.1. The first-order chi connectivity index (χ1) is 12.5. The minimum absolute atomic E-state index is 0. The van der Waals surface area contributed by atoms with Crippen molar-refractivity contribution in [3.05, 3.63) is 0 Å². The number of hydrogen-bond acceptors (Lipinski definition) is 5. The van der Waals surface area contributed by atoms with Crippen LogP contribution in [0.15, 0.2) is 4.99 Å². The Morgan fingerprint density at radius 2 is 1.93 bits per heavy atom. The number of halogens is 1. The van der Waals surface area contributed by atoms with E-state index in [1.54, 1.807) is 0 Å². The van der Waals surface area contributed by atoms with Crippen LogP contribution >= 0.6 is 24.0 Å². The lowest BCUT2D eigenvalue weighted by Gasteiger charge is -2.37. The van der Waals surface area contributed by atoms with Crippen molar-refractivity contribution in [1.29, 1.82) is 0 Å². The van der Waals surface area contributed by atoms with Gasteiger partial charge in [0.1, 0.15) is 0 Å². The molecular weight excluding hydrogens is 457 g/mol. The lowest BCUT2D eigenvalue weighted by molar-refractivity contribution is -0.149. The van der Waals surface area contributed by atoms with Gasteiger partial charge in [0, 0.05) is 51.9 Å². The molecular formula is C19H38IN5O2. The first kappa shape index (κ1) is 24.4. The van der Waals surface area contributed by atoms with Gasteiger partial charge >= 0.3 is 5.97 Å². The SMILES string of the molecule is CCNC(=NCC(C)N1CCN(C)CC1)N1CCCC(C(=O)OCC)C1.I. The highest BCUT2D eigenvalue weighted by Gasteiger charge is 2.28. The molecule has 7 nitrogen and oxygen atoms in total. The fourth-order valence-corrected chi connectivity index (χ4v) is 3.64. The molecule has 2 saturated heterocycles. The number of guanidine groups is 1. The number of likely N-dealkylation sites (N-methyl/N-ethyl adjacent to an activating group) is 1. The van der Waals surface area contributed by atoms with Gasteiger partial charge in [0.2, 0.25) is 0 Å². The summed E-state index contributed by atoms with van der Waals surface area (Å²) in [6.45, 7) is 14.4. The van der Waals surface area contributed by atoms with Gasteiger partial charge in [-0.15, -0.1) is 24.0 Å². The number of piperidine rings is 1. The van der Waals surface area contributed by atoms with Crippen LogP contribution < -0.4 is 5.32 Å². The van der Waals surface area contributed by atoms with E-state index in [2.05, 4.69) is 40.9 Å². The van der Waals surface area contributed by atoms with E-state index in [4.69, 9.17) is 9.73 Å². The van der Waals surface area contributed by atoms with Crippen LogP contribution in [0.2, 0.25) is 0 Å². The summed E-state index contributed by atoms with van der Waals surface area (Å²) in [7, 11) is 2.18. The molecule has 2 atom stereocenters. The Morgan fingerprint density at radius 3 is 2.56 bits per heavy atom. The second kappa shape index (κ2) is 12.8. The lowest BCUT2D eigenvalue weighted by Crippen LogP contribution is -2.50. The molecule has 2 aliphatic heterocycles. The zero-order valence-corrected chi connectivity index (χ0v) is 19.8. The van der Waals surface area contributed by atoms with Crippen LogP contribution in [0, 0.1) is 5.92 Å². The Morgan fingerprint density at radius 1 is 1.22 bits per heavy atom. The number of piperazine rings is 1. The minimum Gasteiger partial charge on any atom is -0.466 e. The standard InChI is InChI=1S/C19H37N5O2.HI/c1-5-20-19(21-14-16(3)23-12-10-22(4)11-13-23)24-9-7-8-17(15-24)18(25)26-6-2;/h16-17H,5-15H2,1-4H3,(H,20,21);1H. The maximum Gasteiger partial charge on any atom is 0.310 e. The smallest absolute Gasteiger partial charge is 0.310 e. The Hall–Kier alpha value is -0.610. The molecule has 0 radical (unpaired) electrons. The van der Waals surface area contributed by atoms with Crippen molar-refractivity contribution < 1.29 is 9.53 Å². The Bertz CT molecular complexity index is 469. The normalized spacial score (nSPS) is 23.5. The average molecular weight is 495 g/mol. The molecule has 2 aliphatic rings. The van der Waals surface area contributed by atoms with E-state index in [1.807, 2.05) is 6.92 Å². The van der Waals surface area contributed by atoms with E-state index in [1.165, 1.54) is 0 Å². The van der Waals surface area contributed by atoms with Crippen molar-refractivity contribution >= 4 is 35.9 Å². The highest BCUT2D eigenvalue weighted by Crippen LogP contribution is 2.18. The molecule has 0 bridgehead atoms. The number of likely N-dealkylation sites (tertiary alicyclic amines) is 1. The topological polar surface area (TPSA) is 60.4 Å². The van der Waals surface area contributed by atoms with Gasteiger partial charge in [0.05, 0.1) is 19.1 Å². The summed E-state index contributed by atoms with van der Waals surface area (Å²) < 4.78 is 5.22. The van der Waals surface area contributed by atoms with Gasteiger partial charge in [-0.1, -0.05) is 0 Å². The van der Waals surface area contributed by atoms with Gasteiger partial charge in [-0.3, -0.25) is 14.7 Å². The highest BCUT2D eigenvalue weighted by atomic mass is 127. The van der Waals surface area contributed by atoms with Crippen LogP contribution in [0.5, 0.6) is 0 Å². The summed E-state index contributed by atoms with van der Waals surface area (Å²) >= 11 is 0. The average Bonchev–Trinajstić information content (AvgIpc) is 2.65. The molecule has 0 aromatic rings. The van der Waals surface area contributed by atoms with Gasteiger partial charge in [0.15, 0.2) is 5.96 Å². The number of nitrogens with one attached hydrogen (secondary N) is 1. The molecule has 2 fully saturated rings. The van der Waals surface area contributed by atoms with Crippen LogP contribution in [-0.4, -0.2) is 98.7 Å². The van der Waals surface area contributed by atoms with E-state index < -0.39 is 0 Å². The van der Waals surface area contributed by atoms with Gasteiger partial charge in [-0.05, 0) is 40.7 Å². The molecule has 1 N–H and O–H groups in total. The molecule has 0 spiro atoms. The van der Waals surface area contributed by atoms with Crippen molar-refractivity contribution in [3.63, 3.8) is 0 Å². The van der Waals surface area contributed by atoms with Crippen LogP contribution in [0.25, 0.3) is 0 Å². The first-order valence-electron chi connectivity index (χ1n) is 10.2. The van der Waals surface area contributed by atoms with E-state index in [-0.39, 0.29) is 35.9 Å². The summed E-state index contributed by atoms with van der Waals surface area (Å²) in [4.78, 5) is 24.1. The van der Waals surface area contributed by atoms with Crippen molar-refractivity contribution in [1.82, 2.24) is 20.0 Å². The molecule has 0 aromatic carbocycles. The van der Waals surface area contributed by atoms with Crippen molar-refractivity contribution in [2.45, 2.75) is 39.7 Å². The molecule has 27 heavy (non-hydrogen) atoms. The van der Waals surface area contributed by atoms with Crippen molar-refractivity contribution in [2.75, 3.05) is 66.0 Å². The van der Waals surface area contributed by atoms with E-state index in [0.29, 0.717) is 19.2 Å². The number of carbonyl (C=O) groups excluding carboxylic acids is 1. The number of esters is 1. The summed E-state index contributed by atoms with van der Waals surface area (Å²) in [5.41, 5.74) is 0. The number of hydrogen-bond donors (Lipinski definition) is 1. The molecule has 2 unspecified atom stereocenters. The van der Waals surface area contributed by atoms with E-state index >= 15 is 0 Å². The quantitative estimate of drug-likeness (QED) is 0.261. The van der Waals surface area contributed by atoms with Crippen molar-refractivity contribution in [3.8, 4) is 0 Å². The molecule has 0 amide bonds. The van der Waals surface area contributed by atoms with Gasteiger partial charge in [-0.2, -0.15) is 0 Å². The number of aliphatic imine (C=N–C) groups is 1. The van der Waals surface area contributed by atoms with Crippen LogP contribution in [0.3, 0.4) is 0 Å². The fourth-order valence-electron chi connectivity index (χ4n) is 3.64. The van der Waals surface area contributed by atoms with Gasteiger partial charge in [0.25, 0.3) is 0 Å². The van der Waals surface area contributed by atoms with E-state index in [9.17, 15) is 4.79 Å². The predicted molar refractivity (Wildman–Crippen MR) is 121 cm³/mol. The maximum absolute atomic E-state index is 12.1. The Kier molecular flexibility index (Phi) is 11.6. The largest absolute Gasteiger partial charge is 0.466 e. The summed E-state index contributed by atoms with van der Waals surface area (Å²) in [5.74, 6) is 0.823. The molecule has 158 valence electrons. The third kappa shape index (κ3) is 7.73. The zero-order chi connectivity index (χ0) is 18.9. The summed E-state index contributed by atoms with van der Waals surface area (Å²) in [6, 6.07) is 0.433. The molecule has 2 rings (SSSR count). The van der Waals surface area contributed by atoms with Gasteiger partial charge < -0.3 is 19.9 Å². The number of nitrogens with zero attached hydrogens (tertiary/aromatic N) is 4. The fraction of sp³-hybridized carbons (Fsp3) is 0.895. The predicted octanol–water partition coefficient (Wildman–Crippen LogP) is 1.48. The number of rotatable bonds is 6. The van der Waals surface area contributed by atoms with Crippen molar-refractivity contribution in [2.24, 2.45) is 10.9 Å². The Balaban J connectivity index is 0.00000364.